The Kier molecular flexibility index (Phi) is 3.97. The number of hydrogen-bond acceptors (Lipinski definition) is 3. The average Bonchev–Trinajstić information content (AvgIpc) is 2.83. The van der Waals surface area contributed by atoms with Crippen molar-refractivity contribution in [1.82, 2.24) is 0 Å². The second-order valence-electron chi connectivity index (χ2n) is 8.17. The third kappa shape index (κ3) is 2.33. The molecule has 0 aromatic heterocycles. The second-order valence-corrected chi connectivity index (χ2v) is 8.17. The molecule has 0 spiro atoms. The monoisotopic (exact) mass is 328 g/mol. The topological polar surface area (TPSA) is 49.7 Å². The van der Waals surface area contributed by atoms with Gasteiger partial charge in [0.05, 0.1) is 12.2 Å². The van der Waals surface area contributed by atoms with Crippen molar-refractivity contribution in [3.8, 4) is 5.75 Å². The van der Waals surface area contributed by atoms with Gasteiger partial charge in [-0.3, -0.25) is 0 Å². The maximum atomic E-state index is 10.5. The number of fused-ring (bicyclic) bond motifs is 5. The molecule has 0 bridgehead atoms. The molecule has 2 saturated carbocycles. The Balaban J connectivity index is 1.61. The molecular weight excluding hydrogens is 300 g/mol. The molecule has 2 N–H and O–H groups in total. The first-order chi connectivity index (χ1) is 11.5. The number of ether oxygens (including phenoxy) is 1. The van der Waals surface area contributed by atoms with Gasteiger partial charge >= 0.3 is 0 Å². The quantitative estimate of drug-likeness (QED) is 0.836. The number of rotatable bonds is 3. The van der Waals surface area contributed by atoms with Gasteiger partial charge in [0.25, 0.3) is 0 Å². The molecular formula is C21H28O3. The van der Waals surface area contributed by atoms with Crippen molar-refractivity contribution < 1.29 is 14.9 Å². The molecule has 0 aliphatic heterocycles. The summed E-state index contributed by atoms with van der Waals surface area (Å²) in [7, 11) is 0. The zero-order chi connectivity index (χ0) is 16.9. The van der Waals surface area contributed by atoms with Crippen LogP contribution in [0, 0.1) is 17.3 Å². The predicted octanol–water partition coefficient (Wildman–Crippen LogP) is 3.44. The lowest BCUT2D eigenvalue weighted by molar-refractivity contribution is -0.0505. The standard InChI is InChI=1S/C21H28O3/c1-3-10-24-14-5-7-15-13(11-14)4-6-17-16(15)8-9-21(2)18(17)12-19(22)20(21)23/h3,5,7,11,16-20,22-23H,1,4,6,8-10,12H2,2H3/t16-,17-,18+,19-,20+,21+/m1/s1. The van der Waals surface area contributed by atoms with Crippen LogP contribution in [-0.4, -0.2) is 29.0 Å². The molecule has 2 fully saturated rings. The molecule has 0 amide bonds. The maximum absolute atomic E-state index is 10.5. The van der Waals surface area contributed by atoms with E-state index in [4.69, 9.17) is 4.74 Å². The first kappa shape index (κ1) is 16.2. The van der Waals surface area contributed by atoms with Crippen LogP contribution in [-0.2, 0) is 6.42 Å². The van der Waals surface area contributed by atoms with Crippen molar-refractivity contribution in [2.45, 2.75) is 57.2 Å². The lowest BCUT2D eigenvalue weighted by atomic mass is 9.55. The molecule has 0 saturated heterocycles. The van der Waals surface area contributed by atoms with Gasteiger partial charge in [-0.25, -0.2) is 0 Å². The molecule has 3 heteroatoms. The number of aliphatic hydroxyl groups excluding tert-OH is 2. The number of aliphatic hydroxyl groups is 2. The van der Waals surface area contributed by atoms with Gasteiger partial charge in [-0.2, -0.15) is 0 Å². The first-order valence-electron chi connectivity index (χ1n) is 9.27. The van der Waals surface area contributed by atoms with Crippen molar-refractivity contribution in [1.29, 1.82) is 0 Å². The Morgan fingerprint density at radius 3 is 2.96 bits per heavy atom. The minimum atomic E-state index is -0.556. The summed E-state index contributed by atoms with van der Waals surface area (Å²) >= 11 is 0. The van der Waals surface area contributed by atoms with Crippen LogP contribution in [0.1, 0.15) is 49.7 Å². The van der Waals surface area contributed by atoms with Gasteiger partial charge in [-0.1, -0.05) is 25.6 Å². The molecule has 0 unspecified atom stereocenters. The van der Waals surface area contributed by atoms with Gasteiger partial charge < -0.3 is 14.9 Å². The number of aryl methyl sites for hydroxylation is 1. The molecule has 3 aliphatic carbocycles. The first-order valence-corrected chi connectivity index (χ1v) is 9.27. The van der Waals surface area contributed by atoms with Crippen molar-refractivity contribution in [2.24, 2.45) is 17.3 Å². The predicted molar refractivity (Wildman–Crippen MR) is 94.1 cm³/mol. The summed E-state index contributed by atoms with van der Waals surface area (Å²) in [6.07, 6.45) is 5.77. The van der Waals surface area contributed by atoms with Gasteiger partial charge in [0.1, 0.15) is 12.4 Å². The van der Waals surface area contributed by atoms with E-state index in [0.29, 0.717) is 24.4 Å². The van der Waals surface area contributed by atoms with Gasteiger partial charge in [0.15, 0.2) is 0 Å². The van der Waals surface area contributed by atoms with E-state index in [-0.39, 0.29) is 5.41 Å². The van der Waals surface area contributed by atoms with Crippen molar-refractivity contribution >= 4 is 0 Å². The van der Waals surface area contributed by atoms with E-state index in [1.807, 2.05) is 0 Å². The van der Waals surface area contributed by atoms with E-state index in [9.17, 15) is 10.2 Å². The molecule has 6 atom stereocenters. The molecule has 0 radical (unpaired) electrons. The fourth-order valence-electron chi connectivity index (χ4n) is 5.79. The van der Waals surface area contributed by atoms with E-state index in [0.717, 1.165) is 37.9 Å². The SMILES string of the molecule is C=CCOc1ccc2c(c1)CC[C@@H]1[C@@H]2CC[C@]2(C)[C@@H](O)[C@H](O)C[C@@H]12. The number of benzene rings is 1. The lowest BCUT2D eigenvalue weighted by Crippen LogP contribution is -2.44. The highest BCUT2D eigenvalue weighted by atomic mass is 16.5. The van der Waals surface area contributed by atoms with Gasteiger partial charge in [0, 0.05) is 0 Å². The van der Waals surface area contributed by atoms with Crippen LogP contribution < -0.4 is 4.74 Å². The minimum Gasteiger partial charge on any atom is -0.490 e. The largest absolute Gasteiger partial charge is 0.490 e. The smallest absolute Gasteiger partial charge is 0.120 e. The van der Waals surface area contributed by atoms with Crippen molar-refractivity contribution in [3.05, 3.63) is 42.0 Å². The van der Waals surface area contributed by atoms with E-state index >= 15 is 0 Å². The van der Waals surface area contributed by atoms with E-state index < -0.39 is 12.2 Å². The fourth-order valence-corrected chi connectivity index (χ4v) is 5.79. The number of hydrogen-bond donors (Lipinski definition) is 2. The van der Waals surface area contributed by atoms with Gasteiger partial charge in [0.2, 0.25) is 0 Å². The third-order valence-electron chi connectivity index (χ3n) is 7.04. The fraction of sp³-hybridized carbons (Fsp3) is 0.619. The Labute approximate surface area is 144 Å². The molecule has 1 aromatic rings. The van der Waals surface area contributed by atoms with Crippen molar-refractivity contribution in [2.75, 3.05) is 6.61 Å². The minimum absolute atomic E-state index is 0.106. The second kappa shape index (κ2) is 5.89. The Morgan fingerprint density at radius 2 is 2.17 bits per heavy atom. The van der Waals surface area contributed by atoms with Crippen LogP contribution in [0.25, 0.3) is 0 Å². The zero-order valence-corrected chi connectivity index (χ0v) is 14.4. The highest BCUT2D eigenvalue weighted by molar-refractivity contribution is 5.41. The van der Waals surface area contributed by atoms with Gasteiger partial charge in [-0.15, -0.1) is 0 Å². The van der Waals surface area contributed by atoms with Crippen LogP contribution in [0.5, 0.6) is 5.75 Å². The summed E-state index contributed by atoms with van der Waals surface area (Å²) in [6.45, 7) is 6.43. The van der Waals surface area contributed by atoms with Crippen LogP contribution in [0.2, 0.25) is 0 Å². The lowest BCUT2D eigenvalue weighted by Gasteiger charge is -2.49. The van der Waals surface area contributed by atoms with Crippen LogP contribution in [0.3, 0.4) is 0 Å². The zero-order valence-electron chi connectivity index (χ0n) is 14.4. The molecule has 1 aromatic carbocycles. The maximum Gasteiger partial charge on any atom is 0.120 e. The molecule has 3 aliphatic rings. The van der Waals surface area contributed by atoms with E-state index in [1.165, 1.54) is 11.1 Å². The van der Waals surface area contributed by atoms with Gasteiger partial charge in [-0.05, 0) is 78.5 Å². The highest BCUT2D eigenvalue weighted by Crippen LogP contribution is 2.60. The normalized spacial score (nSPS) is 40.4. The Morgan fingerprint density at radius 1 is 1.33 bits per heavy atom. The van der Waals surface area contributed by atoms with Crippen molar-refractivity contribution in [3.63, 3.8) is 0 Å². The summed E-state index contributed by atoms with van der Waals surface area (Å²) in [5.41, 5.74) is 2.78. The molecule has 3 nitrogen and oxygen atoms in total. The van der Waals surface area contributed by atoms with E-state index in [1.54, 1.807) is 6.08 Å². The Hall–Kier alpha value is -1.32. The van der Waals surface area contributed by atoms with Crippen LogP contribution >= 0.6 is 0 Å². The summed E-state index contributed by atoms with van der Waals surface area (Å²) in [5, 5.41) is 20.7. The summed E-state index contributed by atoms with van der Waals surface area (Å²) in [6, 6.07) is 6.52. The highest BCUT2D eigenvalue weighted by Gasteiger charge is 2.57. The van der Waals surface area contributed by atoms with Crippen LogP contribution in [0.15, 0.2) is 30.9 Å². The summed E-state index contributed by atoms with van der Waals surface area (Å²) in [4.78, 5) is 0. The molecule has 130 valence electrons. The molecule has 24 heavy (non-hydrogen) atoms. The third-order valence-corrected chi connectivity index (χ3v) is 7.04. The summed E-state index contributed by atoms with van der Waals surface area (Å²) in [5.74, 6) is 2.52. The van der Waals surface area contributed by atoms with Crippen LogP contribution in [0.4, 0.5) is 0 Å². The molecule has 0 heterocycles. The van der Waals surface area contributed by atoms with E-state index in [2.05, 4.69) is 31.7 Å². The molecule has 4 rings (SSSR count). The summed E-state index contributed by atoms with van der Waals surface area (Å²) < 4.78 is 5.69. The Bertz CT molecular complexity index is 640. The average molecular weight is 328 g/mol.